The number of methoxy groups -OCH3 is 2. The fraction of sp³-hybridized carbons (Fsp3) is 0.393. The van der Waals surface area contributed by atoms with E-state index in [2.05, 4.69) is 0 Å². The van der Waals surface area contributed by atoms with E-state index in [0.29, 0.717) is 24.3 Å². The second-order valence-electron chi connectivity index (χ2n) is 9.62. The molecule has 0 saturated heterocycles. The lowest BCUT2D eigenvalue weighted by molar-refractivity contribution is -0.167. The van der Waals surface area contributed by atoms with Crippen LogP contribution in [0.1, 0.15) is 47.4 Å². The number of Topliss-reactive ketones (excluding diaryl/α,β-unsaturated/α-hetero) is 1. The van der Waals surface area contributed by atoms with E-state index < -0.39 is 76.2 Å². The number of nitriles is 2. The molecule has 41 heavy (non-hydrogen) atoms. The molecule has 0 N–H and O–H groups in total. The molecule has 1 saturated carbocycles. The normalized spacial score (nSPS) is 26.3. The summed E-state index contributed by atoms with van der Waals surface area (Å²) in [7, 11) is 1.78. The van der Waals surface area contributed by atoms with Crippen molar-refractivity contribution < 1.29 is 50.2 Å². The van der Waals surface area contributed by atoms with Crippen LogP contribution in [0, 0.1) is 39.4 Å². The van der Waals surface area contributed by atoms with E-state index in [4.69, 9.17) is 9.47 Å². The maximum absolute atomic E-state index is 13.6. The topological polar surface area (TPSA) is 117 Å². The summed E-state index contributed by atoms with van der Waals surface area (Å²) in [6.07, 6.45) is -10.2. The molecule has 13 heteroatoms. The molecule has 0 aliphatic heterocycles. The van der Waals surface area contributed by atoms with Crippen LogP contribution in [0.4, 0.5) is 26.3 Å². The van der Waals surface area contributed by atoms with Gasteiger partial charge in [-0.2, -0.15) is 36.9 Å². The number of hydrogen-bond acceptors (Lipinski definition) is 7. The van der Waals surface area contributed by atoms with E-state index in [-0.39, 0.29) is 11.1 Å². The second kappa shape index (κ2) is 10.9. The number of ether oxygens (including phenoxy) is 2. The molecule has 1 aliphatic carbocycles. The van der Waals surface area contributed by atoms with E-state index in [1.54, 1.807) is 12.1 Å². The van der Waals surface area contributed by atoms with Gasteiger partial charge in [-0.15, -0.1) is 0 Å². The summed E-state index contributed by atoms with van der Waals surface area (Å²) in [5.74, 6) is -8.29. The molecule has 3 rings (SSSR count). The van der Waals surface area contributed by atoms with Gasteiger partial charge in [0.05, 0.1) is 37.5 Å². The first-order chi connectivity index (χ1) is 19.0. The van der Waals surface area contributed by atoms with E-state index in [0.717, 1.165) is 45.4 Å². The lowest BCUT2D eigenvalue weighted by Gasteiger charge is -2.52. The largest absolute Gasteiger partial charge is 0.468 e. The molecule has 0 unspecified atom stereocenters. The molecule has 2 aromatic rings. The third-order valence-corrected chi connectivity index (χ3v) is 7.53. The smallest absolute Gasteiger partial charge is 0.416 e. The Morgan fingerprint density at radius 2 is 1.22 bits per heavy atom. The van der Waals surface area contributed by atoms with Gasteiger partial charge in [0.15, 0.2) is 10.8 Å². The van der Waals surface area contributed by atoms with Crippen molar-refractivity contribution in [3.63, 3.8) is 0 Å². The molecule has 7 nitrogen and oxygen atoms in total. The van der Waals surface area contributed by atoms with Gasteiger partial charge >= 0.3 is 24.3 Å². The minimum atomic E-state index is -4.78. The fourth-order valence-electron chi connectivity index (χ4n) is 5.77. The van der Waals surface area contributed by atoms with Crippen LogP contribution in [0.5, 0.6) is 0 Å². The van der Waals surface area contributed by atoms with Crippen molar-refractivity contribution in [1.82, 2.24) is 0 Å². The molecular weight excluding hydrogens is 558 g/mol. The van der Waals surface area contributed by atoms with Crippen LogP contribution in [-0.2, 0) is 36.2 Å². The van der Waals surface area contributed by atoms with E-state index in [1.165, 1.54) is 0 Å². The highest BCUT2D eigenvalue weighted by Gasteiger charge is 2.71. The van der Waals surface area contributed by atoms with Gasteiger partial charge in [-0.3, -0.25) is 14.4 Å². The number of halogens is 6. The molecule has 0 amide bonds. The van der Waals surface area contributed by atoms with Crippen molar-refractivity contribution in [2.75, 3.05) is 14.2 Å². The highest BCUT2D eigenvalue weighted by molar-refractivity contribution is 5.92. The number of benzene rings is 2. The molecule has 1 aliphatic rings. The zero-order chi connectivity index (χ0) is 31.0. The lowest BCUT2D eigenvalue weighted by atomic mass is 9.45. The Bertz CT molecular complexity index is 1420. The number of carbonyl (C=O) groups excluding carboxylic acids is 3. The van der Waals surface area contributed by atoms with Crippen molar-refractivity contribution in [2.45, 2.75) is 37.5 Å². The number of carbonyl (C=O) groups is 3. The SMILES string of the molecule is COC(=O)[C@]1(C#N)[C@@H](c2ccc(C(F)(F)F)cc2)[C@H](C(C)=O)C[C@](C#N)(C(=O)OC)[C@H]1c1ccc(C(F)(F)F)cc1. The van der Waals surface area contributed by atoms with Crippen LogP contribution in [0.15, 0.2) is 48.5 Å². The Morgan fingerprint density at radius 1 is 0.780 bits per heavy atom. The Balaban J connectivity index is 2.48. The first kappa shape index (κ1) is 31.1. The summed E-state index contributed by atoms with van der Waals surface area (Å²) in [6.45, 7) is 1.05. The monoisotopic (exact) mass is 580 g/mol. The Labute approximate surface area is 230 Å². The number of rotatable bonds is 5. The third-order valence-electron chi connectivity index (χ3n) is 7.53. The van der Waals surface area contributed by atoms with Gasteiger partial charge in [-0.05, 0) is 48.7 Å². The first-order valence-corrected chi connectivity index (χ1v) is 11.9. The van der Waals surface area contributed by atoms with Crippen LogP contribution >= 0.6 is 0 Å². The van der Waals surface area contributed by atoms with Crippen LogP contribution in [-0.4, -0.2) is 31.9 Å². The number of alkyl halides is 6. The number of esters is 2. The maximum atomic E-state index is 13.6. The van der Waals surface area contributed by atoms with Crippen molar-refractivity contribution in [3.05, 3.63) is 70.8 Å². The minimum absolute atomic E-state index is 0.0986. The second-order valence-corrected chi connectivity index (χ2v) is 9.62. The molecule has 0 aromatic heterocycles. The molecule has 0 spiro atoms. The molecule has 0 heterocycles. The Kier molecular flexibility index (Phi) is 8.27. The predicted molar refractivity (Wildman–Crippen MR) is 127 cm³/mol. The molecular formula is C28H22F6N2O5. The molecule has 2 aromatic carbocycles. The number of nitrogens with zero attached hydrogens (tertiary/aromatic N) is 2. The zero-order valence-corrected chi connectivity index (χ0v) is 21.8. The van der Waals surface area contributed by atoms with Gasteiger partial charge in [-0.25, -0.2) is 0 Å². The molecule has 5 atom stereocenters. The Morgan fingerprint density at radius 3 is 1.56 bits per heavy atom. The molecule has 1 fully saturated rings. The maximum Gasteiger partial charge on any atom is 0.416 e. The van der Waals surface area contributed by atoms with Gasteiger partial charge < -0.3 is 9.47 Å². The van der Waals surface area contributed by atoms with E-state index in [9.17, 15) is 51.2 Å². The standard InChI is InChI=1S/C28H22F6N2O5/c1-15(37)20-12-25(13-35,23(38)40-2)22(17-6-10-19(11-7-17)28(32,33)34)26(14-36,24(39)41-3)21(20)16-4-8-18(9-5-16)27(29,30)31/h4-11,20-22H,12H2,1-3H3/t20-,21-,22+,25+,26+/m0/s1. The van der Waals surface area contributed by atoms with Crippen LogP contribution in [0.2, 0.25) is 0 Å². The van der Waals surface area contributed by atoms with Crippen LogP contribution < -0.4 is 0 Å². The van der Waals surface area contributed by atoms with Crippen molar-refractivity contribution in [1.29, 1.82) is 10.5 Å². The summed E-state index contributed by atoms with van der Waals surface area (Å²) in [6, 6.07) is 9.81. The van der Waals surface area contributed by atoms with E-state index in [1.807, 2.05) is 0 Å². The average Bonchev–Trinajstić information content (AvgIpc) is 2.94. The average molecular weight is 580 g/mol. The summed E-state index contributed by atoms with van der Waals surface area (Å²) < 4.78 is 89.7. The van der Waals surface area contributed by atoms with Crippen molar-refractivity contribution >= 4 is 17.7 Å². The quantitative estimate of drug-likeness (QED) is 0.335. The third kappa shape index (κ3) is 5.12. The highest BCUT2D eigenvalue weighted by Crippen LogP contribution is 2.65. The summed E-state index contributed by atoms with van der Waals surface area (Å²) in [4.78, 5) is 39.9. The van der Waals surface area contributed by atoms with Gasteiger partial charge in [0.2, 0.25) is 0 Å². The summed E-state index contributed by atoms with van der Waals surface area (Å²) in [5, 5.41) is 21.1. The fourth-order valence-corrected chi connectivity index (χ4v) is 5.77. The molecule has 0 radical (unpaired) electrons. The zero-order valence-electron chi connectivity index (χ0n) is 21.8. The van der Waals surface area contributed by atoms with Crippen molar-refractivity contribution in [3.8, 4) is 12.1 Å². The van der Waals surface area contributed by atoms with Gasteiger partial charge in [-0.1, -0.05) is 24.3 Å². The number of ketones is 1. The molecule has 0 bridgehead atoms. The Hall–Kier alpha value is -4.39. The lowest BCUT2D eigenvalue weighted by Crippen LogP contribution is -2.59. The number of hydrogen-bond donors (Lipinski definition) is 0. The van der Waals surface area contributed by atoms with Gasteiger partial charge in [0.25, 0.3) is 0 Å². The van der Waals surface area contributed by atoms with Crippen LogP contribution in [0.25, 0.3) is 0 Å². The highest BCUT2D eigenvalue weighted by atomic mass is 19.4. The minimum Gasteiger partial charge on any atom is -0.468 e. The first-order valence-electron chi connectivity index (χ1n) is 11.9. The summed E-state index contributed by atoms with van der Waals surface area (Å²) >= 11 is 0. The summed E-state index contributed by atoms with van der Waals surface area (Å²) in [5.41, 5.74) is -7.67. The molecule has 216 valence electrons. The predicted octanol–water partition coefficient (Wildman–Crippen LogP) is 5.57. The van der Waals surface area contributed by atoms with Gasteiger partial charge in [0.1, 0.15) is 5.78 Å². The van der Waals surface area contributed by atoms with Crippen molar-refractivity contribution in [2.24, 2.45) is 16.7 Å². The van der Waals surface area contributed by atoms with Crippen LogP contribution in [0.3, 0.4) is 0 Å². The van der Waals surface area contributed by atoms with E-state index >= 15 is 0 Å². The van der Waals surface area contributed by atoms with Gasteiger partial charge in [0, 0.05) is 17.8 Å².